The van der Waals surface area contributed by atoms with Crippen LogP contribution < -0.4 is 0 Å². The molecule has 0 amide bonds. The molecule has 1 unspecified atom stereocenters. The third-order valence-corrected chi connectivity index (χ3v) is 12.9. The second-order valence-electron chi connectivity index (χ2n) is 20.5. The smallest absolute Gasteiger partial charge is 0.306 e. The van der Waals surface area contributed by atoms with Crippen molar-refractivity contribution < 1.29 is 28.6 Å². The van der Waals surface area contributed by atoms with Crippen LogP contribution >= 0.6 is 0 Å². The quantitative estimate of drug-likeness (QED) is 0.0261. The lowest BCUT2D eigenvalue weighted by molar-refractivity contribution is -0.167. The molecule has 0 radical (unpaired) electrons. The Kier molecular flexibility index (Phi) is 62.5. The molecule has 0 fully saturated rings. The number of ether oxygens (including phenoxy) is 3. The fourth-order valence-corrected chi connectivity index (χ4v) is 8.10. The van der Waals surface area contributed by atoms with Gasteiger partial charge in [-0.05, 0) is 161 Å². The standard InChI is InChI=1S/C75H116O6/c1-4-7-10-13-16-19-22-25-28-30-32-33-34-35-36-37-38-39-40-41-43-44-47-50-53-56-59-62-65-68-74(77)80-71-72(70-79-73(76)67-64-61-58-55-52-49-46-27-24-21-18-15-12-9-6-3)81-75(78)69-66-63-60-57-54-51-48-45-42-31-29-26-23-20-17-14-11-8-5-2/h7-8,10-11,16-21,25-29,32-33,35-36,38-39,41-43,45-47,50-51,54,72H,4-6,9,12-15,22-24,30-31,34,37,40,44,48-49,52-53,55-71H2,1-3H3/b10-7-,11-8-,19-16-,20-17-,21-18-,28-25-,29-26-,33-32-,36-35-,39-38-,43-41-,45-42-,46-27-,50-47-,54-51-. The predicted molar refractivity (Wildman–Crippen MR) is 352 cm³/mol. The number of allylic oxidation sites excluding steroid dienone is 30. The molecular formula is C75H116O6. The molecule has 0 aromatic carbocycles. The molecule has 1 atom stereocenters. The van der Waals surface area contributed by atoms with E-state index in [1.807, 2.05) is 0 Å². The van der Waals surface area contributed by atoms with Crippen molar-refractivity contribution in [1.29, 1.82) is 0 Å². The van der Waals surface area contributed by atoms with Crippen molar-refractivity contribution in [2.45, 2.75) is 258 Å². The van der Waals surface area contributed by atoms with E-state index in [2.05, 4.69) is 203 Å². The van der Waals surface area contributed by atoms with E-state index in [-0.39, 0.29) is 37.5 Å². The summed E-state index contributed by atoms with van der Waals surface area (Å²) in [6, 6.07) is 0. The lowest BCUT2D eigenvalue weighted by Gasteiger charge is -2.18. The molecule has 6 heteroatoms. The number of unbranched alkanes of at least 4 members (excludes halogenated alkanes) is 15. The molecule has 0 N–H and O–H groups in total. The van der Waals surface area contributed by atoms with E-state index < -0.39 is 6.10 Å². The number of hydrogen-bond acceptors (Lipinski definition) is 6. The van der Waals surface area contributed by atoms with Gasteiger partial charge in [0, 0.05) is 19.3 Å². The molecule has 0 bridgehead atoms. The van der Waals surface area contributed by atoms with E-state index in [1.165, 1.54) is 25.7 Å². The third kappa shape index (κ3) is 65.2. The van der Waals surface area contributed by atoms with Crippen LogP contribution in [0, 0.1) is 0 Å². The normalized spacial score (nSPS) is 13.4. The molecule has 0 spiro atoms. The van der Waals surface area contributed by atoms with Crippen LogP contribution in [0.4, 0.5) is 0 Å². The van der Waals surface area contributed by atoms with Gasteiger partial charge in [-0.25, -0.2) is 0 Å². The van der Waals surface area contributed by atoms with Gasteiger partial charge in [0.2, 0.25) is 0 Å². The van der Waals surface area contributed by atoms with Crippen LogP contribution in [0.3, 0.4) is 0 Å². The van der Waals surface area contributed by atoms with Gasteiger partial charge in [-0.15, -0.1) is 0 Å². The number of carbonyl (C=O) groups excluding carboxylic acids is 3. The highest BCUT2D eigenvalue weighted by Gasteiger charge is 2.19. The molecule has 452 valence electrons. The number of rotatable bonds is 56. The Balaban J connectivity index is 4.51. The molecule has 0 aliphatic rings. The number of hydrogen-bond donors (Lipinski definition) is 0. The van der Waals surface area contributed by atoms with Gasteiger partial charge in [0.1, 0.15) is 13.2 Å². The fourth-order valence-electron chi connectivity index (χ4n) is 8.10. The molecule has 81 heavy (non-hydrogen) atoms. The summed E-state index contributed by atoms with van der Waals surface area (Å²) in [6.07, 6.45) is 100. The van der Waals surface area contributed by atoms with E-state index in [0.717, 1.165) is 180 Å². The minimum atomic E-state index is -0.824. The second-order valence-corrected chi connectivity index (χ2v) is 20.5. The van der Waals surface area contributed by atoms with E-state index in [9.17, 15) is 14.4 Å². The lowest BCUT2D eigenvalue weighted by Crippen LogP contribution is -2.30. The molecule has 0 heterocycles. The summed E-state index contributed by atoms with van der Waals surface area (Å²) >= 11 is 0. The number of esters is 3. The SMILES string of the molecule is CC/C=C\C/C=C\C/C=C\C/C=C\C/C=C\C/C=C\C/C=C\C/C=C\CCCCCCC(=O)OCC(COC(=O)CCCCCCC/C=C\C/C=C\CCCCC)OC(=O)CCCCC/C=C\C/C=C\C/C=C\C/C=C\C/C=C\CC. The maximum atomic E-state index is 12.9. The summed E-state index contributed by atoms with van der Waals surface area (Å²) in [6.45, 7) is 6.31. The first kappa shape index (κ1) is 75.5. The average molecular weight is 1110 g/mol. The van der Waals surface area contributed by atoms with Crippen LogP contribution in [0.5, 0.6) is 0 Å². The molecule has 0 aliphatic heterocycles. The van der Waals surface area contributed by atoms with Gasteiger partial charge in [-0.1, -0.05) is 254 Å². The molecule has 0 saturated carbocycles. The average Bonchev–Trinajstić information content (AvgIpc) is 3.47. The topological polar surface area (TPSA) is 78.9 Å². The van der Waals surface area contributed by atoms with E-state index >= 15 is 0 Å². The zero-order valence-corrected chi connectivity index (χ0v) is 51.7. The highest BCUT2D eigenvalue weighted by atomic mass is 16.6. The van der Waals surface area contributed by atoms with Gasteiger partial charge < -0.3 is 14.2 Å². The molecule has 0 aromatic heterocycles. The van der Waals surface area contributed by atoms with Crippen LogP contribution in [-0.2, 0) is 28.6 Å². The molecule has 0 rings (SSSR count). The molecule has 6 nitrogen and oxygen atoms in total. The highest BCUT2D eigenvalue weighted by molar-refractivity contribution is 5.71. The van der Waals surface area contributed by atoms with E-state index in [0.29, 0.717) is 19.3 Å². The van der Waals surface area contributed by atoms with Crippen molar-refractivity contribution in [2.24, 2.45) is 0 Å². The summed E-state index contributed by atoms with van der Waals surface area (Å²) in [5, 5.41) is 0. The van der Waals surface area contributed by atoms with Crippen molar-refractivity contribution in [3.05, 3.63) is 182 Å². The first-order chi connectivity index (χ1) is 40.0. The Morgan fingerprint density at radius 2 is 0.481 bits per heavy atom. The Morgan fingerprint density at radius 1 is 0.259 bits per heavy atom. The van der Waals surface area contributed by atoms with Gasteiger partial charge in [0.05, 0.1) is 0 Å². The van der Waals surface area contributed by atoms with Crippen molar-refractivity contribution in [1.82, 2.24) is 0 Å². The third-order valence-electron chi connectivity index (χ3n) is 12.9. The van der Waals surface area contributed by atoms with Crippen LogP contribution in [0.2, 0.25) is 0 Å². The minimum absolute atomic E-state index is 0.116. The Bertz CT molecular complexity index is 1900. The molecule has 0 aromatic rings. The van der Waals surface area contributed by atoms with Crippen molar-refractivity contribution >= 4 is 17.9 Å². The maximum Gasteiger partial charge on any atom is 0.306 e. The summed E-state index contributed by atoms with van der Waals surface area (Å²) < 4.78 is 16.9. The molecular weight excluding hydrogens is 997 g/mol. The minimum Gasteiger partial charge on any atom is -0.462 e. The summed E-state index contributed by atoms with van der Waals surface area (Å²) in [5.41, 5.74) is 0. The van der Waals surface area contributed by atoms with Crippen molar-refractivity contribution in [3.63, 3.8) is 0 Å². The van der Waals surface area contributed by atoms with Gasteiger partial charge in [0.15, 0.2) is 6.10 Å². The zero-order chi connectivity index (χ0) is 58.5. The first-order valence-corrected chi connectivity index (χ1v) is 32.3. The van der Waals surface area contributed by atoms with Crippen LogP contribution in [-0.4, -0.2) is 37.2 Å². The van der Waals surface area contributed by atoms with Crippen LogP contribution in [0.1, 0.15) is 252 Å². The zero-order valence-electron chi connectivity index (χ0n) is 51.7. The molecule has 0 saturated heterocycles. The van der Waals surface area contributed by atoms with Crippen molar-refractivity contribution in [3.8, 4) is 0 Å². The van der Waals surface area contributed by atoms with E-state index in [1.54, 1.807) is 0 Å². The lowest BCUT2D eigenvalue weighted by atomic mass is 10.1. The largest absolute Gasteiger partial charge is 0.462 e. The molecule has 0 aliphatic carbocycles. The Labute approximate surface area is 497 Å². The highest BCUT2D eigenvalue weighted by Crippen LogP contribution is 2.13. The Morgan fingerprint density at radius 3 is 0.765 bits per heavy atom. The van der Waals surface area contributed by atoms with Gasteiger partial charge in [0.25, 0.3) is 0 Å². The Hall–Kier alpha value is -5.49. The van der Waals surface area contributed by atoms with E-state index in [4.69, 9.17) is 14.2 Å². The van der Waals surface area contributed by atoms with Gasteiger partial charge in [-0.2, -0.15) is 0 Å². The van der Waals surface area contributed by atoms with Crippen LogP contribution in [0.15, 0.2) is 182 Å². The van der Waals surface area contributed by atoms with Crippen LogP contribution in [0.25, 0.3) is 0 Å². The maximum absolute atomic E-state index is 12.9. The van der Waals surface area contributed by atoms with Gasteiger partial charge >= 0.3 is 17.9 Å². The number of carbonyl (C=O) groups is 3. The summed E-state index contributed by atoms with van der Waals surface area (Å²) in [5.74, 6) is -0.994. The van der Waals surface area contributed by atoms with Gasteiger partial charge in [-0.3, -0.25) is 14.4 Å². The first-order valence-electron chi connectivity index (χ1n) is 32.3. The monoisotopic (exact) mass is 1110 g/mol. The van der Waals surface area contributed by atoms with Crippen molar-refractivity contribution in [2.75, 3.05) is 13.2 Å². The second kappa shape index (κ2) is 67.0. The predicted octanol–water partition coefficient (Wildman–Crippen LogP) is 22.4. The summed E-state index contributed by atoms with van der Waals surface area (Å²) in [4.78, 5) is 38.3. The fraction of sp³-hybridized carbons (Fsp3) is 0.560. The summed E-state index contributed by atoms with van der Waals surface area (Å²) in [7, 11) is 0.